The molecule has 1 heterocycles. The molecule has 1 aromatic heterocycles. The van der Waals surface area contributed by atoms with Crippen molar-refractivity contribution in [1.82, 2.24) is 9.55 Å². The summed E-state index contributed by atoms with van der Waals surface area (Å²) in [7, 11) is 0. The van der Waals surface area contributed by atoms with Crippen LogP contribution in [0.15, 0.2) is 29.1 Å². The smallest absolute Gasteiger partial charge is 0.268 e. The Morgan fingerprint density at radius 2 is 1.29 bits per heavy atom. The zero-order chi connectivity index (χ0) is 22.3. The standard InChI is InChI=1S/C26H40N2O2S/c1-2-3-4-5-6-7-8-9-10-11-12-13-14-15-16-21-24(29)28-25(30)22-19-17-18-20-23(22)27-26(28)31/h17-20H,2-16,21H2,1H3,(H,27,31). The SMILES string of the molecule is CCCCCCCCCCCCCCCCCC(=O)n1c(=S)[nH]c2ccccc2c1=O. The molecule has 0 atom stereocenters. The average Bonchev–Trinajstić information content (AvgIpc) is 2.76. The van der Waals surface area contributed by atoms with E-state index in [0.717, 1.165) is 23.8 Å². The number of fused-ring (bicyclic) bond motifs is 1. The fourth-order valence-electron chi connectivity index (χ4n) is 4.15. The normalized spacial score (nSPS) is 11.3. The number of H-pyrrole nitrogens is 1. The number of unbranched alkanes of at least 4 members (excludes halogenated alkanes) is 14. The monoisotopic (exact) mass is 444 g/mol. The maximum absolute atomic E-state index is 12.6. The van der Waals surface area contributed by atoms with Crippen LogP contribution in [-0.4, -0.2) is 15.5 Å². The van der Waals surface area contributed by atoms with E-state index in [1.54, 1.807) is 18.2 Å². The van der Waals surface area contributed by atoms with Gasteiger partial charge in [0.25, 0.3) is 5.56 Å². The number of nitrogens with one attached hydrogen (secondary N) is 1. The minimum Gasteiger partial charge on any atom is -0.331 e. The van der Waals surface area contributed by atoms with E-state index in [4.69, 9.17) is 12.2 Å². The quantitative estimate of drug-likeness (QED) is 0.211. The van der Waals surface area contributed by atoms with Crippen molar-refractivity contribution in [2.75, 3.05) is 0 Å². The van der Waals surface area contributed by atoms with Gasteiger partial charge < -0.3 is 4.98 Å². The number of hydrogen-bond acceptors (Lipinski definition) is 3. The maximum atomic E-state index is 12.6. The zero-order valence-electron chi connectivity index (χ0n) is 19.3. The van der Waals surface area contributed by atoms with Gasteiger partial charge in [-0.3, -0.25) is 9.59 Å². The predicted molar refractivity (Wildman–Crippen MR) is 134 cm³/mol. The summed E-state index contributed by atoms with van der Waals surface area (Å²) in [6.07, 6.45) is 19.7. The van der Waals surface area contributed by atoms with Crippen LogP contribution in [0.4, 0.5) is 0 Å². The Balaban J connectivity index is 1.53. The van der Waals surface area contributed by atoms with Crippen LogP contribution in [0.2, 0.25) is 0 Å². The lowest BCUT2D eigenvalue weighted by atomic mass is 10.0. The van der Waals surface area contributed by atoms with Crippen LogP contribution in [0.1, 0.15) is 114 Å². The highest BCUT2D eigenvalue weighted by atomic mass is 32.1. The Morgan fingerprint density at radius 1 is 0.806 bits per heavy atom. The third-order valence-corrected chi connectivity index (χ3v) is 6.33. The van der Waals surface area contributed by atoms with E-state index >= 15 is 0 Å². The Bertz CT molecular complexity index is 900. The van der Waals surface area contributed by atoms with Gasteiger partial charge in [0.1, 0.15) is 0 Å². The Morgan fingerprint density at radius 3 is 1.84 bits per heavy atom. The molecule has 2 rings (SSSR count). The zero-order valence-corrected chi connectivity index (χ0v) is 20.1. The molecule has 1 aromatic carbocycles. The molecular weight excluding hydrogens is 404 g/mol. The lowest BCUT2D eigenvalue weighted by Crippen LogP contribution is -2.28. The summed E-state index contributed by atoms with van der Waals surface area (Å²) in [5, 5.41) is 0.501. The van der Waals surface area contributed by atoms with Gasteiger partial charge in [-0.25, -0.2) is 4.57 Å². The van der Waals surface area contributed by atoms with Crippen molar-refractivity contribution in [1.29, 1.82) is 0 Å². The molecule has 2 aromatic rings. The van der Waals surface area contributed by atoms with Gasteiger partial charge in [-0.15, -0.1) is 0 Å². The molecule has 0 aliphatic rings. The molecule has 0 amide bonds. The van der Waals surface area contributed by atoms with Gasteiger partial charge in [-0.05, 0) is 30.8 Å². The third-order valence-electron chi connectivity index (χ3n) is 6.05. The number of carbonyl (C=O) groups excluding carboxylic acids is 1. The van der Waals surface area contributed by atoms with E-state index in [1.165, 1.54) is 77.0 Å². The molecule has 172 valence electrons. The number of para-hydroxylation sites is 1. The van der Waals surface area contributed by atoms with E-state index in [0.29, 0.717) is 17.3 Å². The number of aromatic nitrogens is 2. The number of nitrogens with zero attached hydrogens (tertiary/aromatic N) is 1. The minimum absolute atomic E-state index is 0.189. The fraction of sp³-hybridized carbons (Fsp3) is 0.654. The van der Waals surface area contributed by atoms with Gasteiger partial charge in [-0.1, -0.05) is 109 Å². The van der Waals surface area contributed by atoms with Crippen LogP contribution in [0.5, 0.6) is 0 Å². The van der Waals surface area contributed by atoms with Crippen molar-refractivity contribution in [3.8, 4) is 0 Å². The highest BCUT2D eigenvalue weighted by Gasteiger charge is 2.12. The van der Waals surface area contributed by atoms with E-state index in [2.05, 4.69) is 11.9 Å². The van der Waals surface area contributed by atoms with Gasteiger partial charge in [-0.2, -0.15) is 0 Å². The molecular formula is C26H40N2O2S. The predicted octanol–water partition coefficient (Wildman–Crippen LogP) is 7.96. The molecule has 4 nitrogen and oxygen atoms in total. The third kappa shape index (κ3) is 9.10. The van der Waals surface area contributed by atoms with Crippen LogP contribution in [0.25, 0.3) is 10.9 Å². The number of hydrogen-bond donors (Lipinski definition) is 1. The highest BCUT2D eigenvalue weighted by Crippen LogP contribution is 2.14. The first-order valence-corrected chi connectivity index (χ1v) is 12.8. The van der Waals surface area contributed by atoms with Gasteiger partial charge in [0.15, 0.2) is 4.77 Å². The van der Waals surface area contributed by atoms with E-state index in [9.17, 15) is 9.59 Å². The van der Waals surface area contributed by atoms with E-state index < -0.39 is 0 Å². The Kier molecular flexibility index (Phi) is 12.4. The van der Waals surface area contributed by atoms with Gasteiger partial charge in [0.05, 0.1) is 10.9 Å². The summed E-state index contributed by atoms with van der Waals surface area (Å²) in [5.74, 6) is -0.202. The molecule has 0 aliphatic carbocycles. The molecule has 0 unspecified atom stereocenters. The second kappa shape index (κ2) is 15.1. The van der Waals surface area contributed by atoms with Crippen molar-refractivity contribution in [2.45, 2.75) is 110 Å². The van der Waals surface area contributed by atoms with Crippen LogP contribution in [-0.2, 0) is 0 Å². The molecule has 0 spiro atoms. The maximum Gasteiger partial charge on any atom is 0.268 e. The molecule has 0 saturated heterocycles. The second-order valence-corrected chi connectivity index (χ2v) is 9.10. The summed E-state index contributed by atoms with van der Waals surface area (Å²) in [5.41, 5.74) is 0.360. The Labute approximate surface area is 192 Å². The van der Waals surface area contributed by atoms with Crippen molar-refractivity contribution in [3.63, 3.8) is 0 Å². The molecule has 1 N–H and O–H groups in total. The topological polar surface area (TPSA) is 54.9 Å². The molecule has 31 heavy (non-hydrogen) atoms. The first-order chi connectivity index (χ1) is 15.1. The molecule has 0 fully saturated rings. The van der Waals surface area contributed by atoms with Crippen LogP contribution < -0.4 is 5.56 Å². The van der Waals surface area contributed by atoms with E-state index in [-0.39, 0.29) is 16.2 Å². The second-order valence-electron chi connectivity index (χ2n) is 8.71. The van der Waals surface area contributed by atoms with Gasteiger partial charge in [0.2, 0.25) is 5.91 Å². The molecule has 0 radical (unpaired) electrons. The van der Waals surface area contributed by atoms with Gasteiger partial charge in [0, 0.05) is 6.42 Å². The number of aromatic amines is 1. The molecule has 0 aliphatic heterocycles. The summed E-state index contributed by atoms with van der Waals surface area (Å²) < 4.78 is 1.32. The number of carbonyl (C=O) groups is 1. The number of benzene rings is 1. The van der Waals surface area contributed by atoms with Crippen molar-refractivity contribution >= 4 is 29.0 Å². The number of rotatable bonds is 16. The van der Waals surface area contributed by atoms with Crippen LogP contribution in [0.3, 0.4) is 0 Å². The summed E-state index contributed by atoms with van der Waals surface area (Å²) in [6.45, 7) is 2.27. The van der Waals surface area contributed by atoms with Crippen LogP contribution in [0, 0.1) is 4.77 Å². The lowest BCUT2D eigenvalue weighted by molar-refractivity contribution is 0.0892. The van der Waals surface area contributed by atoms with Crippen LogP contribution >= 0.6 is 12.2 Å². The van der Waals surface area contributed by atoms with Crippen molar-refractivity contribution < 1.29 is 4.79 Å². The average molecular weight is 445 g/mol. The van der Waals surface area contributed by atoms with Gasteiger partial charge >= 0.3 is 0 Å². The minimum atomic E-state index is -0.315. The van der Waals surface area contributed by atoms with Crippen molar-refractivity contribution in [3.05, 3.63) is 39.4 Å². The molecule has 5 heteroatoms. The Hall–Kier alpha value is -1.75. The first-order valence-electron chi connectivity index (χ1n) is 12.4. The molecule has 0 saturated carbocycles. The summed E-state index contributed by atoms with van der Waals surface area (Å²) in [4.78, 5) is 28.1. The summed E-state index contributed by atoms with van der Waals surface area (Å²) in [6, 6.07) is 7.16. The first kappa shape index (κ1) is 25.5. The lowest BCUT2D eigenvalue weighted by Gasteiger charge is -2.07. The largest absolute Gasteiger partial charge is 0.331 e. The van der Waals surface area contributed by atoms with E-state index in [1.807, 2.05) is 6.07 Å². The van der Waals surface area contributed by atoms with Crippen molar-refractivity contribution in [2.24, 2.45) is 0 Å². The fourth-order valence-corrected chi connectivity index (χ4v) is 4.44. The molecule has 0 bridgehead atoms. The summed E-state index contributed by atoms with van der Waals surface area (Å²) >= 11 is 5.24. The highest BCUT2D eigenvalue weighted by molar-refractivity contribution is 7.71.